The average molecular weight is 1660 g/mol. The minimum absolute atomic E-state index is 0.211. The van der Waals surface area contributed by atoms with Crippen LogP contribution in [0.1, 0.15) is 75.5 Å². The first-order chi connectivity index (χ1) is 63.3. The highest BCUT2D eigenvalue weighted by Crippen LogP contribution is 2.59. The van der Waals surface area contributed by atoms with Crippen molar-refractivity contribution in [2.45, 2.75) is 57.8 Å². The van der Waals surface area contributed by atoms with Gasteiger partial charge in [-0.15, -0.1) is 0 Å². The van der Waals surface area contributed by atoms with Crippen molar-refractivity contribution in [1.82, 2.24) is 53.6 Å². The molecule has 0 radical (unpaired) electrons. The van der Waals surface area contributed by atoms with Crippen LogP contribution in [0.25, 0.3) is 207 Å². The molecule has 11 aromatic heterocycles. The Morgan fingerprint density at radius 1 is 0.225 bits per heavy atom. The summed E-state index contributed by atoms with van der Waals surface area (Å²) in [5.74, 6) is 5.57. The predicted molar refractivity (Wildman–Crippen MR) is 518 cm³/mol. The Balaban J connectivity index is 0.000000108. The largest absolute Gasteiger partial charge is 0.457 e. The molecule has 0 unspecified atom stereocenters. The normalized spacial score (nSPS) is 13.4. The van der Waals surface area contributed by atoms with Gasteiger partial charge in [-0.3, -0.25) is 9.97 Å². The topological polar surface area (TPSA) is 157 Å². The van der Waals surface area contributed by atoms with Crippen molar-refractivity contribution < 1.29 is 13.3 Å². The highest BCUT2D eigenvalue weighted by molar-refractivity contribution is 6.17. The molecule has 614 valence electrons. The highest BCUT2D eigenvalue weighted by Gasteiger charge is 2.46. The summed E-state index contributed by atoms with van der Waals surface area (Å²) in [6.07, 6.45) is 7.11. The minimum Gasteiger partial charge on any atom is -0.457 e. The van der Waals surface area contributed by atoms with Crippen LogP contribution in [0, 0.1) is 0 Å². The molecule has 3 aliphatic rings. The van der Waals surface area contributed by atoms with Crippen molar-refractivity contribution in [3.63, 3.8) is 0 Å². The second-order valence-corrected chi connectivity index (χ2v) is 34.9. The first kappa shape index (κ1) is 76.1. The molecule has 26 rings (SSSR count). The molecular formula is C115H81N11O3. The molecule has 0 saturated heterocycles. The Bertz CT molecular complexity index is 7900. The van der Waals surface area contributed by atoms with Crippen molar-refractivity contribution >= 4 is 66.0 Å². The standard InChI is InChI=1S/C41H29N3O.C39H27N5O.C35H25N3O/c1-41(2)32-21-13-12-20-30(32)36-37-38(45-39(36)41)31-24-28(22-23-35(31)44(37)29-18-10-5-11-19-29)34-25-33(26-14-6-3-7-15-26)42-40(43-34)27-16-8-4-9-17-27;1-39(2)30-16-10-9-15-28(30)32-33-34(45-35(32)39)29-23-26(17-18-31(29)44(33)27-13-7-4-8-14-27)38-42-36(24-11-5-3-6-12-24)41-37(43-38)25-19-21-40-22-20-25;1-35(2)27-12-7-6-11-25(27)31-32-33(39-34(31)35)26-21-23(15-16-30(26)38(32)24-9-4-3-5-10-24)29-14-8-13-28(37-29)22-17-19-36-20-18-22/h3-25H,1-2H3;3-23H,1-2H3;3-21H,1-2H3. The van der Waals surface area contributed by atoms with Crippen LogP contribution in [-0.4, -0.2) is 53.6 Å². The van der Waals surface area contributed by atoms with Crippen molar-refractivity contribution in [2.24, 2.45) is 0 Å². The van der Waals surface area contributed by atoms with Gasteiger partial charge < -0.3 is 27.0 Å². The third kappa shape index (κ3) is 12.3. The second-order valence-electron chi connectivity index (χ2n) is 34.9. The lowest BCUT2D eigenvalue weighted by atomic mass is 9.86. The van der Waals surface area contributed by atoms with Crippen molar-refractivity contribution in [3.05, 3.63) is 417 Å². The van der Waals surface area contributed by atoms with Crippen LogP contribution < -0.4 is 0 Å². The molecule has 0 bridgehead atoms. The molecule has 12 aromatic carbocycles. The van der Waals surface area contributed by atoms with Crippen LogP contribution in [-0.2, 0) is 16.2 Å². The summed E-state index contributed by atoms with van der Waals surface area (Å²) < 4.78 is 27.8. The smallest absolute Gasteiger partial charge is 0.164 e. The fourth-order valence-electron chi connectivity index (χ4n) is 19.9. The van der Waals surface area contributed by atoms with Gasteiger partial charge in [0.2, 0.25) is 0 Å². The van der Waals surface area contributed by atoms with E-state index < -0.39 is 0 Å². The maximum absolute atomic E-state index is 6.95. The van der Waals surface area contributed by atoms with Crippen LogP contribution in [0.5, 0.6) is 0 Å². The number of rotatable bonds is 11. The quantitative estimate of drug-likeness (QED) is 0.121. The zero-order valence-corrected chi connectivity index (χ0v) is 71.5. The number of pyridine rings is 3. The van der Waals surface area contributed by atoms with Gasteiger partial charge in [-0.05, 0) is 196 Å². The fourth-order valence-corrected chi connectivity index (χ4v) is 19.9. The fraction of sp³-hybridized carbons (Fsp3) is 0.0783. The first-order valence-corrected chi connectivity index (χ1v) is 43.7. The van der Waals surface area contributed by atoms with Crippen LogP contribution in [0.3, 0.4) is 0 Å². The summed E-state index contributed by atoms with van der Waals surface area (Å²) in [4.78, 5) is 38.2. The first-order valence-electron chi connectivity index (χ1n) is 43.7. The van der Waals surface area contributed by atoms with E-state index in [9.17, 15) is 0 Å². The molecule has 14 nitrogen and oxygen atoms in total. The molecule has 129 heavy (non-hydrogen) atoms. The third-order valence-electron chi connectivity index (χ3n) is 26.1. The molecule has 11 heterocycles. The minimum atomic E-state index is -0.255. The summed E-state index contributed by atoms with van der Waals surface area (Å²) in [6, 6.07) is 124. The molecule has 0 fully saturated rings. The van der Waals surface area contributed by atoms with E-state index in [2.05, 4.69) is 320 Å². The predicted octanol–water partition coefficient (Wildman–Crippen LogP) is 28.5. The number of hydrogen-bond acceptors (Lipinski definition) is 11. The van der Waals surface area contributed by atoms with Crippen molar-refractivity contribution in [1.29, 1.82) is 0 Å². The Hall–Kier alpha value is -16.6. The third-order valence-corrected chi connectivity index (χ3v) is 26.1. The second kappa shape index (κ2) is 29.8. The molecule has 0 aliphatic heterocycles. The highest BCUT2D eigenvalue weighted by atomic mass is 16.3. The van der Waals surface area contributed by atoms with Gasteiger partial charge in [0.1, 0.15) is 33.8 Å². The van der Waals surface area contributed by atoms with E-state index in [0.717, 1.165) is 168 Å². The number of benzene rings is 12. The van der Waals surface area contributed by atoms with Gasteiger partial charge in [-0.1, -0.05) is 237 Å². The van der Waals surface area contributed by atoms with Gasteiger partial charge in [0.25, 0.3) is 0 Å². The maximum Gasteiger partial charge on any atom is 0.164 e. The molecule has 0 spiro atoms. The number of para-hydroxylation sites is 3. The molecule has 0 amide bonds. The van der Waals surface area contributed by atoms with E-state index in [1.165, 1.54) is 50.1 Å². The zero-order chi connectivity index (χ0) is 86.4. The molecule has 0 atom stereocenters. The van der Waals surface area contributed by atoms with E-state index in [1.54, 1.807) is 24.8 Å². The van der Waals surface area contributed by atoms with Crippen LogP contribution in [0.4, 0.5) is 0 Å². The molecule has 3 aliphatic carbocycles. The zero-order valence-electron chi connectivity index (χ0n) is 71.5. The van der Waals surface area contributed by atoms with E-state index in [1.807, 2.05) is 103 Å². The van der Waals surface area contributed by atoms with Crippen molar-refractivity contribution in [2.75, 3.05) is 0 Å². The lowest BCUT2D eigenvalue weighted by Crippen LogP contribution is -2.14. The Morgan fingerprint density at radius 3 is 0.907 bits per heavy atom. The van der Waals surface area contributed by atoms with E-state index in [-0.39, 0.29) is 16.2 Å². The van der Waals surface area contributed by atoms with Gasteiger partial charge in [0, 0.05) is 135 Å². The summed E-state index contributed by atoms with van der Waals surface area (Å²) in [7, 11) is 0. The molecule has 0 N–H and O–H groups in total. The van der Waals surface area contributed by atoms with Crippen LogP contribution in [0.15, 0.2) is 396 Å². The monoisotopic (exact) mass is 1660 g/mol. The van der Waals surface area contributed by atoms with Crippen LogP contribution in [0.2, 0.25) is 0 Å². The van der Waals surface area contributed by atoms with Gasteiger partial charge >= 0.3 is 0 Å². The van der Waals surface area contributed by atoms with E-state index in [0.29, 0.717) is 23.3 Å². The Morgan fingerprint density at radius 2 is 0.512 bits per heavy atom. The lowest BCUT2D eigenvalue weighted by molar-refractivity contribution is 0.466. The summed E-state index contributed by atoms with van der Waals surface area (Å²) in [5.41, 5.74) is 34.6. The summed E-state index contributed by atoms with van der Waals surface area (Å²) >= 11 is 0. The van der Waals surface area contributed by atoms with E-state index in [4.69, 9.17) is 43.2 Å². The van der Waals surface area contributed by atoms with E-state index >= 15 is 0 Å². The number of nitrogens with zero attached hydrogens (tertiary/aromatic N) is 11. The Kier molecular flexibility index (Phi) is 17.6. The lowest BCUT2D eigenvalue weighted by Gasteiger charge is -2.18. The SMILES string of the molecule is CC1(C)c2ccccc2-c2c1oc1c3cc(-c4cc(-c5ccccc5)nc(-c5ccccc5)n4)ccc3n(-c3ccccc3)c21.CC1(C)c2ccccc2-c2c1oc1c3cc(-c4cccc(-c5ccncc5)n4)ccc3n(-c3ccccc3)c21.CC1(C)c2ccccc2-c2c1oc1c3cc(-c4nc(-c5ccccc5)nc(-c5ccncc5)n4)ccc3n(-c3ccccc3)c21. The average Bonchev–Trinajstić information content (AvgIpc) is 1.53. The number of furan rings is 3. The number of aromatic nitrogens is 11. The van der Waals surface area contributed by atoms with Gasteiger partial charge in [0.15, 0.2) is 40.0 Å². The summed E-state index contributed by atoms with van der Waals surface area (Å²) in [6.45, 7) is 13.5. The molecular weight excluding hydrogens is 1580 g/mol. The van der Waals surface area contributed by atoms with Gasteiger partial charge in [-0.2, -0.15) is 0 Å². The van der Waals surface area contributed by atoms with Gasteiger partial charge in [0.05, 0.1) is 39.3 Å². The molecule has 14 heteroatoms. The maximum atomic E-state index is 6.95. The Labute approximate surface area is 743 Å². The molecule has 0 saturated carbocycles. The summed E-state index contributed by atoms with van der Waals surface area (Å²) in [5, 5.41) is 3.17. The van der Waals surface area contributed by atoms with Crippen LogP contribution >= 0.6 is 0 Å². The van der Waals surface area contributed by atoms with Gasteiger partial charge in [-0.25, -0.2) is 29.9 Å². The molecule has 23 aromatic rings. The number of hydrogen-bond donors (Lipinski definition) is 0. The van der Waals surface area contributed by atoms with Crippen molar-refractivity contribution in [3.8, 4) is 141 Å². The number of fused-ring (bicyclic) bond motifs is 21.